The van der Waals surface area contributed by atoms with Gasteiger partial charge in [-0.2, -0.15) is 5.10 Å². The van der Waals surface area contributed by atoms with E-state index in [0.29, 0.717) is 39.2 Å². The number of anilines is 1. The average Bonchev–Trinajstić information content (AvgIpc) is 3.33. The molecule has 208 valence electrons. The van der Waals surface area contributed by atoms with Crippen LogP contribution in [0, 0.1) is 6.92 Å². The molecular formula is C28H33Cl2N5O4. The number of methoxy groups -OCH3 is 2. The maximum absolute atomic E-state index is 11.5. The van der Waals surface area contributed by atoms with Crippen LogP contribution in [-0.4, -0.2) is 84.6 Å². The van der Waals surface area contributed by atoms with Crippen molar-refractivity contribution in [1.29, 1.82) is 0 Å². The molecule has 1 aromatic carbocycles. The number of aromatic nitrogens is 3. The predicted molar refractivity (Wildman–Crippen MR) is 154 cm³/mol. The number of nitrogens with zero attached hydrogens (tertiary/aromatic N) is 5. The molecule has 0 aliphatic carbocycles. The second kappa shape index (κ2) is 11.7. The number of aryl methyl sites for hydroxylation is 1. The molecule has 1 atom stereocenters. The maximum atomic E-state index is 11.5. The fourth-order valence-corrected chi connectivity index (χ4v) is 5.86. The van der Waals surface area contributed by atoms with Gasteiger partial charge in [-0.3, -0.25) is 14.6 Å². The summed E-state index contributed by atoms with van der Waals surface area (Å²) < 4.78 is 18.3. The Kier molecular flexibility index (Phi) is 8.35. The summed E-state index contributed by atoms with van der Waals surface area (Å²) in [5, 5.41) is 16.9. The smallest absolute Gasteiger partial charge is 0.153 e. The van der Waals surface area contributed by atoms with E-state index in [0.717, 1.165) is 67.6 Å². The van der Waals surface area contributed by atoms with Gasteiger partial charge < -0.3 is 24.2 Å². The van der Waals surface area contributed by atoms with Gasteiger partial charge in [0.15, 0.2) is 6.23 Å². The molecule has 1 unspecified atom stereocenters. The largest absolute Gasteiger partial charge is 0.495 e. The lowest BCUT2D eigenvalue weighted by Gasteiger charge is -2.36. The van der Waals surface area contributed by atoms with Crippen molar-refractivity contribution in [2.75, 3.05) is 58.5 Å². The standard InChI is InChI=1S/C28H33Cl2N5O4/c1-5-35-22-13-21(20-16-34(32-17(20)2)7-6-33-8-10-39-11-9-33)31-15-18(22)12-19(28(35)36)25-26(29)23(37-3)14-24(38-4)27(25)30/h12-16,28,36H,5-11H2,1-4H3. The molecule has 1 fully saturated rings. The van der Waals surface area contributed by atoms with E-state index < -0.39 is 6.23 Å². The molecule has 2 aromatic heterocycles. The first-order valence-electron chi connectivity index (χ1n) is 13.0. The first-order chi connectivity index (χ1) is 18.9. The highest BCUT2D eigenvalue weighted by atomic mass is 35.5. The molecule has 2 aliphatic rings. The Hall–Kier alpha value is -2.82. The number of pyridine rings is 1. The summed E-state index contributed by atoms with van der Waals surface area (Å²) in [5.41, 5.74) is 5.37. The molecular weight excluding hydrogens is 541 g/mol. The number of fused-ring (bicyclic) bond motifs is 1. The van der Waals surface area contributed by atoms with E-state index in [1.807, 2.05) is 48.0 Å². The zero-order valence-electron chi connectivity index (χ0n) is 22.6. The van der Waals surface area contributed by atoms with E-state index in [4.69, 9.17) is 47.5 Å². The molecule has 3 aromatic rings. The molecule has 4 heterocycles. The number of hydrogen-bond acceptors (Lipinski definition) is 8. The number of aliphatic hydroxyl groups excluding tert-OH is 1. The van der Waals surface area contributed by atoms with Gasteiger partial charge in [0.1, 0.15) is 11.5 Å². The second-order valence-corrected chi connectivity index (χ2v) is 10.3. The highest BCUT2D eigenvalue weighted by molar-refractivity contribution is 6.40. The first kappa shape index (κ1) is 27.7. The number of morpholine rings is 1. The summed E-state index contributed by atoms with van der Waals surface area (Å²) >= 11 is 13.4. The maximum Gasteiger partial charge on any atom is 0.153 e. The summed E-state index contributed by atoms with van der Waals surface area (Å²) in [6, 6.07) is 3.63. The average molecular weight is 575 g/mol. The molecule has 1 saturated heterocycles. The van der Waals surface area contributed by atoms with Gasteiger partial charge in [0.25, 0.3) is 0 Å². The van der Waals surface area contributed by atoms with Crippen molar-refractivity contribution in [1.82, 2.24) is 19.7 Å². The number of rotatable bonds is 8. The normalized spacial score (nSPS) is 17.7. The van der Waals surface area contributed by atoms with Gasteiger partial charge in [-0.1, -0.05) is 23.2 Å². The molecule has 0 amide bonds. The Morgan fingerprint density at radius 1 is 1.08 bits per heavy atom. The van der Waals surface area contributed by atoms with Gasteiger partial charge >= 0.3 is 0 Å². The van der Waals surface area contributed by atoms with Crippen molar-refractivity contribution in [3.63, 3.8) is 0 Å². The van der Waals surface area contributed by atoms with Crippen molar-refractivity contribution in [3.8, 4) is 22.8 Å². The Bertz CT molecular complexity index is 1360. The van der Waals surface area contributed by atoms with Crippen molar-refractivity contribution >= 4 is 40.5 Å². The summed E-state index contributed by atoms with van der Waals surface area (Å²) in [4.78, 5) is 9.05. The molecule has 2 aliphatic heterocycles. The van der Waals surface area contributed by atoms with E-state index >= 15 is 0 Å². The van der Waals surface area contributed by atoms with Crippen LogP contribution in [0.1, 0.15) is 23.7 Å². The van der Waals surface area contributed by atoms with Gasteiger partial charge in [-0.15, -0.1) is 0 Å². The van der Waals surface area contributed by atoms with E-state index in [9.17, 15) is 5.11 Å². The molecule has 1 N–H and O–H groups in total. The minimum absolute atomic E-state index is 0.304. The SMILES string of the molecule is CCN1c2cc(-c3cn(CCN4CCOCC4)nc3C)ncc2C=C(c2c(Cl)c(OC)cc(OC)c2Cl)C1O. The van der Waals surface area contributed by atoms with Gasteiger partial charge in [0.05, 0.1) is 55.4 Å². The Balaban J connectivity index is 1.49. The van der Waals surface area contributed by atoms with Crippen molar-refractivity contribution in [2.45, 2.75) is 26.6 Å². The van der Waals surface area contributed by atoms with Crippen LogP contribution in [-0.2, 0) is 11.3 Å². The van der Waals surface area contributed by atoms with Gasteiger partial charge in [0.2, 0.25) is 0 Å². The van der Waals surface area contributed by atoms with Crippen LogP contribution in [0.2, 0.25) is 10.0 Å². The number of likely N-dealkylation sites (N-methyl/N-ethyl adjacent to an activating group) is 1. The molecule has 11 heteroatoms. The van der Waals surface area contributed by atoms with E-state index in [2.05, 4.69) is 4.90 Å². The molecule has 0 spiro atoms. The first-order valence-corrected chi connectivity index (χ1v) is 13.7. The monoisotopic (exact) mass is 573 g/mol. The molecule has 39 heavy (non-hydrogen) atoms. The van der Waals surface area contributed by atoms with Gasteiger partial charge in [-0.25, -0.2) is 0 Å². The highest BCUT2D eigenvalue weighted by Gasteiger charge is 2.32. The summed E-state index contributed by atoms with van der Waals surface area (Å²) in [6.07, 6.45) is 4.72. The minimum atomic E-state index is -0.998. The zero-order valence-corrected chi connectivity index (χ0v) is 24.1. The fourth-order valence-electron chi connectivity index (χ4n) is 5.14. The molecule has 9 nitrogen and oxygen atoms in total. The quantitative estimate of drug-likeness (QED) is 0.418. The lowest BCUT2D eigenvalue weighted by molar-refractivity contribution is 0.0359. The van der Waals surface area contributed by atoms with Gasteiger partial charge in [-0.05, 0) is 26.0 Å². The second-order valence-electron chi connectivity index (χ2n) is 9.52. The van der Waals surface area contributed by atoms with Crippen LogP contribution >= 0.6 is 23.2 Å². The number of ether oxygens (including phenoxy) is 3. The highest BCUT2D eigenvalue weighted by Crippen LogP contribution is 2.47. The molecule has 0 saturated carbocycles. The number of hydrogen-bond donors (Lipinski definition) is 1. The van der Waals surface area contributed by atoms with Crippen LogP contribution in [0.4, 0.5) is 5.69 Å². The lowest BCUT2D eigenvalue weighted by Crippen LogP contribution is -2.38. The Morgan fingerprint density at radius 2 is 1.77 bits per heavy atom. The third-order valence-corrected chi connectivity index (χ3v) is 8.03. The van der Waals surface area contributed by atoms with Crippen LogP contribution < -0.4 is 14.4 Å². The topological polar surface area (TPSA) is 85.1 Å². The summed E-state index contributed by atoms with van der Waals surface area (Å²) in [7, 11) is 3.05. The van der Waals surface area contributed by atoms with Crippen molar-refractivity contribution < 1.29 is 19.3 Å². The van der Waals surface area contributed by atoms with Crippen LogP contribution in [0.15, 0.2) is 24.5 Å². The van der Waals surface area contributed by atoms with E-state index in [1.54, 1.807) is 6.07 Å². The third-order valence-electron chi connectivity index (χ3n) is 7.28. The Labute approximate surface area is 238 Å². The van der Waals surface area contributed by atoms with Crippen LogP contribution in [0.3, 0.4) is 0 Å². The van der Waals surface area contributed by atoms with E-state index in [-0.39, 0.29) is 0 Å². The fraction of sp³-hybridized carbons (Fsp3) is 0.429. The van der Waals surface area contributed by atoms with Crippen molar-refractivity contribution in [3.05, 3.63) is 51.4 Å². The van der Waals surface area contributed by atoms with Crippen LogP contribution in [0.5, 0.6) is 11.5 Å². The van der Waals surface area contributed by atoms with Crippen molar-refractivity contribution in [2.24, 2.45) is 0 Å². The third kappa shape index (κ3) is 5.34. The molecule has 0 bridgehead atoms. The minimum Gasteiger partial charge on any atom is -0.495 e. The predicted octanol–water partition coefficient (Wildman–Crippen LogP) is 4.61. The lowest BCUT2D eigenvalue weighted by atomic mass is 9.95. The van der Waals surface area contributed by atoms with Crippen LogP contribution in [0.25, 0.3) is 22.9 Å². The van der Waals surface area contributed by atoms with Gasteiger partial charge in [0, 0.05) is 72.6 Å². The summed E-state index contributed by atoms with van der Waals surface area (Å²) in [6.45, 7) is 9.70. The molecule has 5 rings (SSSR count). The number of benzene rings is 1. The van der Waals surface area contributed by atoms with E-state index in [1.165, 1.54) is 14.2 Å². The number of aliphatic hydroxyl groups is 1. The molecule has 0 radical (unpaired) electrons. The number of halogens is 2. The summed E-state index contributed by atoms with van der Waals surface area (Å²) in [5.74, 6) is 0.814. The Morgan fingerprint density at radius 3 is 2.41 bits per heavy atom. The zero-order chi connectivity index (χ0) is 27.7.